The Labute approximate surface area is 190 Å². The minimum Gasteiger partial charge on any atom is -0.454 e. The molecule has 3 aromatic carbocycles. The van der Waals surface area contributed by atoms with E-state index in [1.54, 1.807) is 48.5 Å². The van der Waals surface area contributed by atoms with Crippen molar-refractivity contribution in [2.24, 2.45) is 0 Å². The summed E-state index contributed by atoms with van der Waals surface area (Å²) in [5.41, 5.74) is 1.75. The van der Waals surface area contributed by atoms with Crippen molar-refractivity contribution in [1.82, 2.24) is 5.32 Å². The highest BCUT2D eigenvalue weighted by atomic mass is 16.7. The molecular weight excluding hydrogens is 424 g/mol. The smallest absolute Gasteiger partial charge is 0.329 e. The maximum absolute atomic E-state index is 12.8. The van der Waals surface area contributed by atoms with Crippen molar-refractivity contribution >= 4 is 23.5 Å². The van der Waals surface area contributed by atoms with Gasteiger partial charge in [0.1, 0.15) is 6.04 Å². The average molecular weight is 446 g/mol. The van der Waals surface area contributed by atoms with E-state index in [9.17, 15) is 14.4 Å². The zero-order valence-electron chi connectivity index (χ0n) is 17.7. The topological polar surface area (TPSA) is 103 Å². The number of rotatable bonds is 8. The van der Waals surface area contributed by atoms with Gasteiger partial charge in [-0.2, -0.15) is 0 Å². The minimum absolute atomic E-state index is 0.127. The summed E-state index contributed by atoms with van der Waals surface area (Å²) in [6.45, 7) is -0.373. The number of nitrogens with one attached hydrogen (secondary N) is 2. The summed E-state index contributed by atoms with van der Waals surface area (Å²) in [4.78, 5) is 37.7. The van der Waals surface area contributed by atoms with Crippen molar-refractivity contribution in [3.63, 3.8) is 0 Å². The molecule has 0 bridgehead atoms. The van der Waals surface area contributed by atoms with E-state index in [-0.39, 0.29) is 13.2 Å². The molecule has 8 heteroatoms. The number of carbonyl (C=O) groups is 3. The van der Waals surface area contributed by atoms with Gasteiger partial charge in [-0.1, -0.05) is 48.5 Å². The second kappa shape index (κ2) is 10.3. The summed E-state index contributed by atoms with van der Waals surface area (Å²) in [6, 6.07) is 21.8. The van der Waals surface area contributed by atoms with E-state index >= 15 is 0 Å². The molecule has 0 saturated heterocycles. The largest absolute Gasteiger partial charge is 0.454 e. The number of ether oxygens (including phenoxy) is 3. The van der Waals surface area contributed by atoms with Gasteiger partial charge in [-0.25, -0.2) is 4.79 Å². The van der Waals surface area contributed by atoms with Crippen LogP contribution in [0.5, 0.6) is 11.5 Å². The van der Waals surface area contributed by atoms with Crippen LogP contribution in [0.4, 0.5) is 5.69 Å². The van der Waals surface area contributed by atoms with Gasteiger partial charge in [0, 0.05) is 23.7 Å². The van der Waals surface area contributed by atoms with Gasteiger partial charge >= 0.3 is 5.97 Å². The third-order valence-electron chi connectivity index (χ3n) is 4.91. The Morgan fingerprint density at radius 2 is 1.58 bits per heavy atom. The monoisotopic (exact) mass is 446 g/mol. The normalized spacial score (nSPS) is 12.5. The molecule has 4 rings (SSSR count). The number of amides is 2. The van der Waals surface area contributed by atoms with Crippen molar-refractivity contribution < 1.29 is 28.6 Å². The van der Waals surface area contributed by atoms with Gasteiger partial charge in [0.05, 0.1) is 0 Å². The molecule has 0 unspecified atom stereocenters. The first-order valence-corrected chi connectivity index (χ1v) is 10.3. The van der Waals surface area contributed by atoms with E-state index in [0.29, 0.717) is 22.7 Å². The Morgan fingerprint density at radius 1 is 0.879 bits per heavy atom. The molecule has 0 spiro atoms. The number of hydrogen-bond donors (Lipinski definition) is 2. The second-order valence-corrected chi connectivity index (χ2v) is 7.31. The quantitative estimate of drug-likeness (QED) is 0.516. The molecular formula is C25H22N2O6. The van der Waals surface area contributed by atoms with Gasteiger partial charge in [-0.05, 0) is 29.8 Å². The first-order chi connectivity index (χ1) is 16.1. The number of fused-ring (bicyclic) bond motifs is 1. The average Bonchev–Trinajstić information content (AvgIpc) is 3.31. The molecule has 1 aliphatic rings. The summed E-state index contributed by atoms with van der Waals surface area (Å²) < 4.78 is 15.7. The molecule has 168 valence electrons. The Bertz CT molecular complexity index is 1130. The van der Waals surface area contributed by atoms with Crippen LogP contribution in [0.1, 0.15) is 15.9 Å². The Balaban J connectivity index is 1.37. The number of hydrogen-bond acceptors (Lipinski definition) is 6. The second-order valence-electron chi connectivity index (χ2n) is 7.31. The van der Waals surface area contributed by atoms with Crippen LogP contribution in [0.2, 0.25) is 0 Å². The number of anilines is 1. The van der Waals surface area contributed by atoms with E-state index in [1.165, 1.54) is 0 Å². The van der Waals surface area contributed by atoms with Gasteiger partial charge in [0.2, 0.25) is 6.79 Å². The molecule has 1 aliphatic heterocycles. The van der Waals surface area contributed by atoms with Gasteiger partial charge in [0.15, 0.2) is 18.1 Å². The fourth-order valence-electron chi connectivity index (χ4n) is 3.28. The molecule has 0 saturated carbocycles. The molecule has 1 heterocycles. The number of carbonyl (C=O) groups excluding carboxylic acids is 3. The SMILES string of the molecule is O=C(COC(=O)[C@@H](Cc1ccccc1)NC(=O)c1ccccc1)Nc1ccc2c(c1)OCO2. The van der Waals surface area contributed by atoms with Crippen LogP contribution in [0.25, 0.3) is 0 Å². The number of esters is 1. The van der Waals surface area contributed by atoms with Crippen LogP contribution in [0.15, 0.2) is 78.9 Å². The number of benzene rings is 3. The Hall–Kier alpha value is -4.33. The summed E-state index contributed by atoms with van der Waals surface area (Å²) in [7, 11) is 0. The third-order valence-corrected chi connectivity index (χ3v) is 4.91. The van der Waals surface area contributed by atoms with Gasteiger partial charge in [-0.3, -0.25) is 9.59 Å². The minimum atomic E-state index is -0.960. The fourth-order valence-corrected chi connectivity index (χ4v) is 3.28. The van der Waals surface area contributed by atoms with Crippen LogP contribution >= 0.6 is 0 Å². The van der Waals surface area contributed by atoms with E-state index in [2.05, 4.69) is 10.6 Å². The van der Waals surface area contributed by atoms with Crippen LogP contribution in [0.3, 0.4) is 0 Å². The molecule has 33 heavy (non-hydrogen) atoms. The highest BCUT2D eigenvalue weighted by Crippen LogP contribution is 2.34. The Morgan fingerprint density at radius 3 is 2.33 bits per heavy atom. The standard InChI is InChI=1S/C25H22N2O6/c28-23(26-19-11-12-21-22(14-19)33-16-32-21)15-31-25(30)20(13-17-7-3-1-4-8-17)27-24(29)18-9-5-2-6-10-18/h1-12,14,20H,13,15-16H2,(H,26,28)(H,27,29)/t20-/m1/s1. The molecule has 1 atom stereocenters. The predicted molar refractivity (Wildman–Crippen MR) is 120 cm³/mol. The Kier molecular flexibility index (Phi) is 6.84. The lowest BCUT2D eigenvalue weighted by Crippen LogP contribution is -2.44. The summed E-state index contributed by atoms with van der Waals surface area (Å²) in [5, 5.41) is 5.35. The van der Waals surface area contributed by atoms with Crippen LogP contribution < -0.4 is 20.1 Å². The van der Waals surface area contributed by atoms with Crippen molar-refractivity contribution in [3.05, 3.63) is 90.0 Å². The fraction of sp³-hybridized carbons (Fsp3) is 0.160. The summed E-state index contributed by atoms with van der Waals surface area (Å²) in [6.07, 6.45) is 0.224. The molecule has 2 N–H and O–H groups in total. The lowest BCUT2D eigenvalue weighted by molar-refractivity contribution is -0.149. The maximum Gasteiger partial charge on any atom is 0.329 e. The van der Waals surface area contributed by atoms with Crippen molar-refractivity contribution in [1.29, 1.82) is 0 Å². The lowest BCUT2D eigenvalue weighted by atomic mass is 10.1. The van der Waals surface area contributed by atoms with Gasteiger partial charge < -0.3 is 24.8 Å². The van der Waals surface area contributed by atoms with E-state index in [0.717, 1.165) is 5.56 Å². The maximum atomic E-state index is 12.8. The molecule has 0 fully saturated rings. The first-order valence-electron chi connectivity index (χ1n) is 10.3. The van der Waals surface area contributed by atoms with Crippen LogP contribution in [0, 0.1) is 0 Å². The van der Waals surface area contributed by atoms with Crippen LogP contribution in [-0.4, -0.2) is 37.2 Å². The van der Waals surface area contributed by atoms with Crippen molar-refractivity contribution in [2.75, 3.05) is 18.7 Å². The zero-order valence-corrected chi connectivity index (χ0v) is 17.7. The highest BCUT2D eigenvalue weighted by Gasteiger charge is 2.24. The van der Waals surface area contributed by atoms with Gasteiger partial charge in [0.25, 0.3) is 11.8 Å². The highest BCUT2D eigenvalue weighted by molar-refractivity contribution is 5.97. The van der Waals surface area contributed by atoms with Crippen molar-refractivity contribution in [3.8, 4) is 11.5 Å². The summed E-state index contributed by atoms with van der Waals surface area (Å²) >= 11 is 0. The first kappa shape index (κ1) is 21.9. The van der Waals surface area contributed by atoms with Gasteiger partial charge in [-0.15, -0.1) is 0 Å². The molecule has 8 nitrogen and oxygen atoms in total. The zero-order chi connectivity index (χ0) is 23.0. The molecule has 0 aliphatic carbocycles. The molecule has 2 amide bonds. The van der Waals surface area contributed by atoms with Crippen molar-refractivity contribution in [2.45, 2.75) is 12.5 Å². The third kappa shape index (κ3) is 5.88. The van der Waals surface area contributed by atoms with Crippen LogP contribution in [-0.2, 0) is 20.7 Å². The molecule has 3 aromatic rings. The molecule has 0 radical (unpaired) electrons. The summed E-state index contributed by atoms with van der Waals surface area (Å²) in [5.74, 6) is -0.508. The predicted octanol–water partition coefficient (Wildman–Crippen LogP) is 2.94. The van der Waals surface area contributed by atoms with E-state index in [1.807, 2.05) is 30.3 Å². The lowest BCUT2D eigenvalue weighted by Gasteiger charge is -2.18. The van der Waals surface area contributed by atoms with E-state index < -0.39 is 30.4 Å². The molecule has 0 aromatic heterocycles. The van der Waals surface area contributed by atoms with E-state index in [4.69, 9.17) is 14.2 Å².